The summed E-state index contributed by atoms with van der Waals surface area (Å²) in [7, 11) is 1.97. The van der Waals surface area contributed by atoms with Crippen LogP contribution in [0.3, 0.4) is 0 Å². The van der Waals surface area contributed by atoms with Crippen LogP contribution in [0.4, 0.5) is 5.82 Å². The first kappa shape index (κ1) is 15.5. The largest absolute Gasteiger partial charge is 0.347 e. The van der Waals surface area contributed by atoms with Crippen LogP contribution in [-0.4, -0.2) is 26.5 Å². The first-order valence-electron chi connectivity index (χ1n) is 7.96. The predicted octanol–water partition coefficient (Wildman–Crippen LogP) is 2.66. The Morgan fingerprint density at radius 3 is 2.48 bits per heavy atom. The van der Waals surface area contributed by atoms with E-state index in [9.17, 15) is 5.26 Å². The summed E-state index contributed by atoms with van der Waals surface area (Å²) in [4.78, 5) is 2.23. The molecule has 120 valence electrons. The molecule has 1 aliphatic heterocycles. The second-order valence-electron chi connectivity index (χ2n) is 6.28. The molecule has 6 nitrogen and oxygen atoms in total. The highest BCUT2D eigenvalue weighted by atomic mass is 15.3. The van der Waals surface area contributed by atoms with Crippen molar-refractivity contribution in [2.24, 2.45) is 7.05 Å². The second-order valence-corrected chi connectivity index (χ2v) is 6.28. The van der Waals surface area contributed by atoms with Gasteiger partial charge in [0.05, 0.1) is 17.4 Å². The molecule has 0 bridgehead atoms. The molecule has 0 unspecified atom stereocenters. The molecule has 0 aromatic carbocycles. The molecule has 0 saturated carbocycles. The third kappa shape index (κ3) is 2.37. The van der Waals surface area contributed by atoms with Gasteiger partial charge in [-0.25, -0.2) is 0 Å². The molecule has 3 heterocycles. The lowest BCUT2D eigenvalue weighted by atomic mass is 10.0. The Labute approximate surface area is 136 Å². The van der Waals surface area contributed by atoms with Crippen LogP contribution >= 0.6 is 0 Å². The molecular formula is C17H22N6. The van der Waals surface area contributed by atoms with Crippen molar-refractivity contribution in [3.05, 3.63) is 33.8 Å². The first-order chi connectivity index (χ1) is 11.0. The maximum absolute atomic E-state index is 9.59. The van der Waals surface area contributed by atoms with E-state index in [0.717, 1.165) is 36.3 Å². The van der Waals surface area contributed by atoms with Crippen molar-refractivity contribution in [2.45, 2.75) is 46.6 Å². The predicted molar refractivity (Wildman–Crippen MR) is 88.2 cm³/mol. The molecule has 1 saturated heterocycles. The van der Waals surface area contributed by atoms with Gasteiger partial charge in [-0.1, -0.05) is 0 Å². The zero-order valence-corrected chi connectivity index (χ0v) is 14.4. The zero-order valence-electron chi connectivity index (χ0n) is 14.4. The average Bonchev–Trinajstić information content (AvgIpc) is 3.07. The van der Waals surface area contributed by atoms with Gasteiger partial charge in [-0.15, -0.1) is 5.10 Å². The molecule has 0 N–H and O–H groups in total. The summed E-state index contributed by atoms with van der Waals surface area (Å²) >= 11 is 0. The van der Waals surface area contributed by atoms with Gasteiger partial charge in [-0.3, -0.25) is 4.68 Å². The van der Waals surface area contributed by atoms with Crippen LogP contribution in [0, 0.1) is 39.0 Å². The quantitative estimate of drug-likeness (QED) is 0.853. The van der Waals surface area contributed by atoms with Gasteiger partial charge in [-0.2, -0.15) is 15.5 Å². The van der Waals surface area contributed by atoms with Gasteiger partial charge < -0.3 is 4.90 Å². The van der Waals surface area contributed by atoms with Crippen molar-refractivity contribution < 1.29 is 0 Å². The third-order valence-corrected chi connectivity index (χ3v) is 4.97. The molecule has 1 fully saturated rings. The van der Waals surface area contributed by atoms with Crippen LogP contribution in [0.2, 0.25) is 0 Å². The van der Waals surface area contributed by atoms with Gasteiger partial charge in [0, 0.05) is 24.8 Å². The third-order valence-electron chi connectivity index (χ3n) is 4.97. The zero-order chi connectivity index (χ0) is 16.7. The topological polar surface area (TPSA) is 70.6 Å². The van der Waals surface area contributed by atoms with Crippen molar-refractivity contribution in [2.75, 3.05) is 11.4 Å². The van der Waals surface area contributed by atoms with Gasteiger partial charge in [0.15, 0.2) is 5.82 Å². The van der Waals surface area contributed by atoms with E-state index in [1.165, 1.54) is 11.3 Å². The van der Waals surface area contributed by atoms with Crippen LogP contribution in [0.15, 0.2) is 0 Å². The Hall–Kier alpha value is -2.42. The SMILES string of the molecule is Cc1nnc(N2CCC[C@@H]2c2c(C)nn(C)c2C)c(C#N)c1C. The number of aromatic nitrogens is 4. The maximum atomic E-state index is 9.59. The molecule has 0 amide bonds. The van der Waals surface area contributed by atoms with E-state index in [1.54, 1.807) is 0 Å². The molecule has 3 rings (SSSR count). The number of anilines is 1. The van der Waals surface area contributed by atoms with E-state index < -0.39 is 0 Å². The summed E-state index contributed by atoms with van der Waals surface area (Å²) < 4.78 is 1.93. The molecule has 2 aromatic rings. The summed E-state index contributed by atoms with van der Waals surface area (Å²) in [5.74, 6) is 0.709. The highest BCUT2D eigenvalue weighted by Gasteiger charge is 2.33. The fourth-order valence-electron chi connectivity index (χ4n) is 3.52. The number of aryl methyl sites for hydroxylation is 3. The molecular weight excluding hydrogens is 288 g/mol. The fraction of sp³-hybridized carbons (Fsp3) is 0.529. The highest BCUT2D eigenvalue weighted by Crippen LogP contribution is 2.39. The number of nitriles is 1. The Kier molecular flexibility index (Phi) is 3.80. The lowest BCUT2D eigenvalue weighted by Gasteiger charge is -2.27. The molecule has 23 heavy (non-hydrogen) atoms. The summed E-state index contributed by atoms with van der Waals surface area (Å²) in [5, 5.41) is 22.7. The van der Waals surface area contributed by atoms with Crippen LogP contribution < -0.4 is 4.90 Å². The van der Waals surface area contributed by atoms with Gasteiger partial charge in [-0.05, 0) is 46.1 Å². The standard InChI is InChI=1S/C17H22N6/c1-10-11(2)19-20-17(14(10)9-18)23-8-6-7-15(23)16-12(3)21-22(5)13(16)4/h15H,6-8H2,1-5H3/t15-/m1/s1. The van der Waals surface area contributed by atoms with E-state index in [0.29, 0.717) is 11.4 Å². The molecule has 0 radical (unpaired) electrons. The van der Waals surface area contributed by atoms with Crippen molar-refractivity contribution >= 4 is 5.82 Å². The summed E-state index contributed by atoms with van der Waals surface area (Å²) in [6.45, 7) is 8.88. The van der Waals surface area contributed by atoms with E-state index in [2.05, 4.69) is 40.1 Å². The van der Waals surface area contributed by atoms with Crippen molar-refractivity contribution in [1.82, 2.24) is 20.0 Å². The minimum absolute atomic E-state index is 0.215. The molecule has 0 spiro atoms. The Morgan fingerprint density at radius 2 is 1.87 bits per heavy atom. The fourth-order valence-corrected chi connectivity index (χ4v) is 3.52. The van der Waals surface area contributed by atoms with E-state index in [4.69, 9.17) is 0 Å². The second kappa shape index (κ2) is 5.65. The number of hydrogen-bond acceptors (Lipinski definition) is 5. The van der Waals surface area contributed by atoms with E-state index >= 15 is 0 Å². The van der Waals surface area contributed by atoms with Crippen LogP contribution in [0.1, 0.15) is 52.7 Å². The average molecular weight is 310 g/mol. The van der Waals surface area contributed by atoms with Crippen molar-refractivity contribution in [1.29, 1.82) is 5.26 Å². The Balaban J connectivity index is 2.10. The van der Waals surface area contributed by atoms with Crippen LogP contribution in [0.25, 0.3) is 0 Å². The summed E-state index contributed by atoms with van der Waals surface area (Å²) in [6, 6.07) is 2.54. The van der Waals surface area contributed by atoms with Crippen LogP contribution in [-0.2, 0) is 7.05 Å². The summed E-state index contributed by atoms with van der Waals surface area (Å²) in [5.41, 5.74) is 5.86. The highest BCUT2D eigenvalue weighted by molar-refractivity contribution is 5.59. The lowest BCUT2D eigenvalue weighted by Crippen LogP contribution is -2.26. The minimum Gasteiger partial charge on any atom is -0.347 e. The first-order valence-corrected chi connectivity index (χ1v) is 7.96. The van der Waals surface area contributed by atoms with Gasteiger partial charge in [0.25, 0.3) is 0 Å². The number of nitrogens with zero attached hydrogens (tertiary/aromatic N) is 6. The number of rotatable bonds is 2. The lowest BCUT2D eigenvalue weighted by molar-refractivity contribution is 0.687. The Bertz CT molecular complexity index is 798. The van der Waals surface area contributed by atoms with Gasteiger partial charge in [0.1, 0.15) is 11.6 Å². The monoisotopic (exact) mass is 310 g/mol. The van der Waals surface area contributed by atoms with Crippen molar-refractivity contribution in [3.8, 4) is 6.07 Å². The van der Waals surface area contributed by atoms with Crippen molar-refractivity contribution in [3.63, 3.8) is 0 Å². The number of hydrogen-bond donors (Lipinski definition) is 0. The van der Waals surface area contributed by atoms with Crippen LogP contribution in [0.5, 0.6) is 0 Å². The van der Waals surface area contributed by atoms with E-state index in [1.807, 2.05) is 25.6 Å². The minimum atomic E-state index is 0.215. The molecule has 2 aromatic heterocycles. The van der Waals surface area contributed by atoms with Gasteiger partial charge >= 0.3 is 0 Å². The molecule has 1 aliphatic rings. The molecule has 0 aliphatic carbocycles. The molecule has 1 atom stereocenters. The summed E-state index contributed by atoms with van der Waals surface area (Å²) in [6.07, 6.45) is 2.13. The Morgan fingerprint density at radius 1 is 1.13 bits per heavy atom. The normalized spacial score (nSPS) is 17.6. The smallest absolute Gasteiger partial charge is 0.170 e. The molecule has 6 heteroatoms. The van der Waals surface area contributed by atoms with Gasteiger partial charge in [0.2, 0.25) is 0 Å². The maximum Gasteiger partial charge on any atom is 0.170 e. The van der Waals surface area contributed by atoms with E-state index in [-0.39, 0.29) is 6.04 Å².